The molecule has 0 saturated carbocycles. The van der Waals surface area contributed by atoms with Gasteiger partial charge in [0.15, 0.2) is 11.3 Å². The molecule has 1 aromatic carbocycles. The standard InChI is InChI=1S/C23H28O6/c1-6-13(2)23(25)29-12-18-19-14(3)8-7-9-17(19)21(26-5)22-20(18)16(11-28-22)10-27-15(4)24/h6,11,14H,7-10,12H2,1-5H3/b13-6-/t14-/m0/s1. The Hall–Kier alpha value is -2.76. The van der Waals surface area contributed by atoms with Crippen LogP contribution in [0, 0.1) is 0 Å². The number of carbonyl (C=O) groups is 2. The Bertz CT molecular complexity index is 966. The molecule has 0 spiro atoms. The average Bonchev–Trinajstić information content (AvgIpc) is 3.12. The largest absolute Gasteiger partial charge is 0.493 e. The number of esters is 2. The first-order valence-corrected chi connectivity index (χ1v) is 9.94. The number of allylic oxidation sites excluding steroid dienone is 1. The van der Waals surface area contributed by atoms with Crippen LogP contribution in [0.15, 0.2) is 22.3 Å². The van der Waals surface area contributed by atoms with Crippen LogP contribution in [0.5, 0.6) is 5.75 Å². The van der Waals surface area contributed by atoms with E-state index >= 15 is 0 Å². The number of carbonyl (C=O) groups excluding carboxylic acids is 2. The summed E-state index contributed by atoms with van der Waals surface area (Å²) in [6.07, 6.45) is 6.32. The Morgan fingerprint density at radius 3 is 2.66 bits per heavy atom. The zero-order valence-electron chi connectivity index (χ0n) is 17.7. The molecule has 0 bridgehead atoms. The average molecular weight is 400 g/mol. The van der Waals surface area contributed by atoms with Gasteiger partial charge < -0.3 is 18.6 Å². The van der Waals surface area contributed by atoms with Crippen LogP contribution in [0.2, 0.25) is 0 Å². The van der Waals surface area contributed by atoms with Gasteiger partial charge in [0.25, 0.3) is 0 Å². The van der Waals surface area contributed by atoms with Crippen molar-refractivity contribution in [1.29, 1.82) is 0 Å². The molecule has 1 aromatic heterocycles. The number of hydrogen-bond acceptors (Lipinski definition) is 6. The van der Waals surface area contributed by atoms with Gasteiger partial charge in [-0.25, -0.2) is 4.79 Å². The monoisotopic (exact) mass is 400 g/mol. The van der Waals surface area contributed by atoms with Crippen molar-refractivity contribution in [2.45, 2.75) is 66.1 Å². The summed E-state index contributed by atoms with van der Waals surface area (Å²) >= 11 is 0. The van der Waals surface area contributed by atoms with Crippen LogP contribution in [0.1, 0.15) is 68.7 Å². The first kappa shape index (κ1) is 21.0. The maximum atomic E-state index is 12.3. The van der Waals surface area contributed by atoms with Crippen molar-refractivity contribution < 1.29 is 28.2 Å². The molecule has 156 valence electrons. The van der Waals surface area contributed by atoms with E-state index in [0.717, 1.165) is 52.7 Å². The third kappa shape index (κ3) is 4.02. The van der Waals surface area contributed by atoms with Crippen molar-refractivity contribution in [3.05, 3.63) is 40.2 Å². The van der Waals surface area contributed by atoms with E-state index in [1.54, 1.807) is 33.3 Å². The molecule has 1 heterocycles. The molecule has 0 aliphatic heterocycles. The minimum atomic E-state index is -0.366. The van der Waals surface area contributed by atoms with E-state index in [0.29, 0.717) is 17.1 Å². The molecule has 2 aromatic rings. The second-order valence-electron chi connectivity index (χ2n) is 7.49. The number of benzene rings is 1. The molecule has 6 heteroatoms. The lowest BCUT2D eigenvalue weighted by Gasteiger charge is -2.28. The number of fused-ring (bicyclic) bond motifs is 2. The zero-order valence-corrected chi connectivity index (χ0v) is 17.7. The number of hydrogen-bond donors (Lipinski definition) is 0. The molecule has 1 aliphatic rings. The predicted octanol–water partition coefficient (Wildman–Crippen LogP) is 4.95. The van der Waals surface area contributed by atoms with Crippen LogP contribution in [0.25, 0.3) is 11.0 Å². The Balaban J connectivity index is 2.18. The second kappa shape index (κ2) is 8.72. The van der Waals surface area contributed by atoms with Crippen LogP contribution < -0.4 is 4.74 Å². The molecular formula is C23H28O6. The minimum absolute atomic E-state index is 0.0908. The lowest BCUT2D eigenvalue weighted by Crippen LogP contribution is -2.15. The number of ether oxygens (including phenoxy) is 3. The Kier molecular flexibility index (Phi) is 6.30. The first-order chi connectivity index (χ1) is 13.9. The van der Waals surface area contributed by atoms with Crippen molar-refractivity contribution >= 4 is 22.9 Å². The van der Waals surface area contributed by atoms with Gasteiger partial charge in [-0.05, 0) is 44.6 Å². The smallest absolute Gasteiger partial charge is 0.333 e. The van der Waals surface area contributed by atoms with E-state index in [9.17, 15) is 9.59 Å². The maximum absolute atomic E-state index is 12.3. The molecule has 29 heavy (non-hydrogen) atoms. The summed E-state index contributed by atoms with van der Waals surface area (Å²) in [6, 6.07) is 0. The molecule has 0 amide bonds. The Morgan fingerprint density at radius 1 is 1.24 bits per heavy atom. The highest BCUT2D eigenvalue weighted by atomic mass is 16.5. The SMILES string of the molecule is C/C=C(/C)C(=O)OCc1c2c(c(OC)c3occ(COC(C)=O)c13)CCC[C@@H]2C. The summed E-state index contributed by atoms with van der Waals surface area (Å²) in [5.41, 5.74) is 5.08. The molecule has 6 nitrogen and oxygen atoms in total. The van der Waals surface area contributed by atoms with Gasteiger partial charge in [0.1, 0.15) is 13.2 Å². The Morgan fingerprint density at radius 2 is 2.00 bits per heavy atom. The minimum Gasteiger partial charge on any atom is -0.493 e. The van der Waals surface area contributed by atoms with E-state index in [4.69, 9.17) is 18.6 Å². The van der Waals surface area contributed by atoms with Gasteiger partial charge in [-0.2, -0.15) is 0 Å². The summed E-state index contributed by atoms with van der Waals surface area (Å²) in [6.45, 7) is 7.30. The number of rotatable bonds is 6. The van der Waals surface area contributed by atoms with E-state index < -0.39 is 0 Å². The lowest BCUT2D eigenvalue weighted by molar-refractivity contribution is -0.142. The van der Waals surface area contributed by atoms with E-state index in [-0.39, 0.29) is 25.2 Å². The van der Waals surface area contributed by atoms with Crippen LogP contribution in [-0.4, -0.2) is 19.0 Å². The summed E-state index contributed by atoms with van der Waals surface area (Å²) in [5, 5.41) is 0.807. The first-order valence-electron chi connectivity index (χ1n) is 9.94. The van der Waals surface area contributed by atoms with Crippen LogP contribution in [0.3, 0.4) is 0 Å². The summed E-state index contributed by atoms with van der Waals surface area (Å²) in [7, 11) is 1.64. The van der Waals surface area contributed by atoms with Gasteiger partial charge in [-0.3, -0.25) is 4.79 Å². The van der Waals surface area contributed by atoms with Crippen molar-refractivity contribution in [1.82, 2.24) is 0 Å². The van der Waals surface area contributed by atoms with Gasteiger partial charge in [0.05, 0.1) is 13.4 Å². The van der Waals surface area contributed by atoms with Gasteiger partial charge in [0.2, 0.25) is 0 Å². The third-order valence-electron chi connectivity index (χ3n) is 5.59. The topological polar surface area (TPSA) is 75.0 Å². The summed E-state index contributed by atoms with van der Waals surface area (Å²) < 4.78 is 22.4. The predicted molar refractivity (Wildman–Crippen MR) is 109 cm³/mol. The molecule has 0 saturated heterocycles. The van der Waals surface area contributed by atoms with Crippen molar-refractivity contribution in [2.24, 2.45) is 0 Å². The fourth-order valence-electron chi connectivity index (χ4n) is 4.06. The number of methoxy groups -OCH3 is 1. The molecule has 1 aliphatic carbocycles. The van der Waals surface area contributed by atoms with Crippen molar-refractivity contribution in [2.75, 3.05) is 7.11 Å². The van der Waals surface area contributed by atoms with Crippen LogP contribution in [0.4, 0.5) is 0 Å². The molecule has 0 unspecified atom stereocenters. The highest BCUT2D eigenvalue weighted by molar-refractivity contribution is 5.93. The molecule has 0 fully saturated rings. The quantitative estimate of drug-likeness (QED) is 0.504. The highest BCUT2D eigenvalue weighted by Crippen LogP contribution is 2.46. The van der Waals surface area contributed by atoms with Gasteiger partial charge in [-0.15, -0.1) is 0 Å². The molecular weight excluding hydrogens is 372 g/mol. The summed E-state index contributed by atoms with van der Waals surface area (Å²) in [5.74, 6) is 0.299. The van der Waals surface area contributed by atoms with E-state index in [1.807, 2.05) is 0 Å². The maximum Gasteiger partial charge on any atom is 0.333 e. The fourth-order valence-corrected chi connectivity index (χ4v) is 4.06. The third-order valence-corrected chi connectivity index (χ3v) is 5.59. The van der Waals surface area contributed by atoms with Crippen LogP contribution in [-0.2, 0) is 38.7 Å². The lowest BCUT2D eigenvalue weighted by atomic mass is 9.79. The Labute approximate surface area is 170 Å². The fraction of sp³-hybridized carbons (Fsp3) is 0.478. The molecule has 1 atom stereocenters. The molecule has 3 rings (SSSR count). The second-order valence-corrected chi connectivity index (χ2v) is 7.49. The number of furan rings is 1. The highest BCUT2D eigenvalue weighted by Gasteiger charge is 2.30. The van der Waals surface area contributed by atoms with Gasteiger partial charge >= 0.3 is 11.9 Å². The van der Waals surface area contributed by atoms with Crippen molar-refractivity contribution in [3.63, 3.8) is 0 Å². The van der Waals surface area contributed by atoms with Crippen LogP contribution >= 0.6 is 0 Å². The zero-order chi connectivity index (χ0) is 21.1. The van der Waals surface area contributed by atoms with Crippen molar-refractivity contribution in [3.8, 4) is 5.75 Å². The van der Waals surface area contributed by atoms with E-state index in [1.165, 1.54) is 6.92 Å². The van der Waals surface area contributed by atoms with Gasteiger partial charge in [0, 0.05) is 34.6 Å². The summed E-state index contributed by atoms with van der Waals surface area (Å²) in [4.78, 5) is 23.6. The molecule has 0 radical (unpaired) electrons. The molecule has 0 N–H and O–H groups in total. The van der Waals surface area contributed by atoms with E-state index in [2.05, 4.69) is 6.92 Å². The normalized spacial score (nSPS) is 16.4. The van der Waals surface area contributed by atoms with Gasteiger partial charge in [-0.1, -0.05) is 13.0 Å².